The van der Waals surface area contributed by atoms with Crippen LogP contribution in [0.25, 0.3) is 0 Å². The summed E-state index contributed by atoms with van der Waals surface area (Å²) in [7, 11) is 0. The smallest absolute Gasteiger partial charge is 0.334 e. The lowest BCUT2D eigenvalue weighted by molar-refractivity contribution is -0.237. The van der Waals surface area contributed by atoms with E-state index in [1.807, 2.05) is 6.92 Å². The van der Waals surface area contributed by atoms with Gasteiger partial charge in [-0.2, -0.15) is 0 Å². The largest absolute Gasteiger partial charge is 0.463 e. The van der Waals surface area contributed by atoms with Gasteiger partial charge >= 0.3 is 17.9 Å². The van der Waals surface area contributed by atoms with E-state index >= 15 is 0 Å². The van der Waals surface area contributed by atoms with Crippen molar-refractivity contribution in [3.05, 3.63) is 12.2 Å². The Morgan fingerprint density at radius 3 is 2.58 bits per heavy atom. The molecule has 1 heterocycles. The quantitative estimate of drug-likeness (QED) is 0.459. The van der Waals surface area contributed by atoms with Gasteiger partial charge in [0.25, 0.3) is 0 Å². The van der Waals surface area contributed by atoms with Gasteiger partial charge in [0.2, 0.25) is 0 Å². The number of rotatable bonds is 3. The standard InChI is InChI=1S/C19H26O7/c1-10-13-5-7-18(4)14(25-12(3)21)6-8-19(23,9-24-11(2)20)16(18)15(13)26-17(10)22/h13-16,23H,1,5-9H2,2-4H3/t13-,14-,15-,16+,18-,19-/m0/s1. The van der Waals surface area contributed by atoms with Gasteiger partial charge < -0.3 is 19.3 Å². The third-order valence-electron chi connectivity index (χ3n) is 6.37. The summed E-state index contributed by atoms with van der Waals surface area (Å²) < 4.78 is 16.3. The van der Waals surface area contributed by atoms with E-state index in [1.165, 1.54) is 13.8 Å². The lowest BCUT2D eigenvalue weighted by atomic mass is 9.50. The molecule has 6 atom stereocenters. The summed E-state index contributed by atoms with van der Waals surface area (Å²) in [6.07, 6.45) is 1.10. The summed E-state index contributed by atoms with van der Waals surface area (Å²) in [6, 6.07) is 0. The van der Waals surface area contributed by atoms with Crippen LogP contribution in [-0.4, -0.2) is 47.4 Å². The molecule has 0 aromatic carbocycles. The van der Waals surface area contributed by atoms with Crippen LogP contribution in [0, 0.1) is 17.3 Å². The Hall–Kier alpha value is -1.89. The van der Waals surface area contributed by atoms with Crippen LogP contribution in [-0.2, 0) is 28.6 Å². The first-order chi connectivity index (χ1) is 12.1. The Morgan fingerprint density at radius 1 is 1.27 bits per heavy atom. The Balaban J connectivity index is 1.99. The van der Waals surface area contributed by atoms with Crippen molar-refractivity contribution in [3.8, 4) is 0 Å². The van der Waals surface area contributed by atoms with Crippen molar-refractivity contribution in [2.75, 3.05) is 6.61 Å². The Bertz CT molecular complexity index is 656. The maximum absolute atomic E-state index is 12.1. The minimum absolute atomic E-state index is 0.178. The first kappa shape index (κ1) is 18.9. The van der Waals surface area contributed by atoms with Crippen molar-refractivity contribution >= 4 is 17.9 Å². The molecule has 3 aliphatic rings. The minimum Gasteiger partial charge on any atom is -0.463 e. The van der Waals surface area contributed by atoms with Crippen molar-refractivity contribution in [1.82, 2.24) is 0 Å². The lowest BCUT2D eigenvalue weighted by Gasteiger charge is -2.58. The van der Waals surface area contributed by atoms with Gasteiger partial charge in [0.05, 0.1) is 0 Å². The second-order valence-electron chi connectivity index (χ2n) is 8.04. The summed E-state index contributed by atoms with van der Waals surface area (Å²) in [6.45, 7) is 8.27. The molecule has 3 fully saturated rings. The average molecular weight is 366 g/mol. The highest BCUT2D eigenvalue weighted by Crippen LogP contribution is 2.59. The Kier molecular flexibility index (Phi) is 4.63. The molecule has 0 amide bonds. The highest BCUT2D eigenvalue weighted by molar-refractivity contribution is 5.91. The van der Waals surface area contributed by atoms with Crippen LogP contribution < -0.4 is 0 Å². The van der Waals surface area contributed by atoms with Crippen molar-refractivity contribution < 1.29 is 33.7 Å². The fourth-order valence-corrected chi connectivity index (χ4v) is 5.20. The topological polar surface area (TPSA) is 99.1 Å². The maximum Gasteiger partial charge on any atom is 0.334 e. The summed E-state index contributed by atoms with van der Waals surface area (Å²) in [4.78, 5) is 35.0. The molecule has 1 N–H and O–H groups in total. The van der Waals surface area contributed by atoms with E-state index in [9.17, 15) is 19.5 Å². The molecule has 0 aromatic heterocycles. The van der Waals surface area contributed by atoms with E-state index in [0.717, 1.165) is 0 Å². The molecule has 0 spiro atoms. The molecule has 0 unspecified atom stereocenters. The fourth-order valence-electron chi connectivity index (χ4n) is 5.20. The van der Waals surface area contributed by atoms with Crippen molar-refractivity contribution in [2.24, 2.45) is 17.3 Å². The molecule has 2 saturated carbocycles. The van der Waals surface area contributed by atoms with Crippen LogP contribution >= 0.6 is 0 Å². The summed E-state index contributed by atoms with van der Waals surface area (Å²) in [5.74, 6) is -2.01. The van der Waals surface area contributed by atoms with Crippen LogP contribution in [0.5, 0.6) is 0 Å². The zero-order valence-corrected chi connectivity index (χ0v) is 15.4. The van der Waals surface area contributed by atoms with Gasteiger partial charge in [-0.05, 0) is 25.7 Å². The second kappa shape index (κ2) is 6.37. The molecule has 1 saturated heterocycles. The SMILES string of the molecule is C=C1C(=O)O[C@H]2[C@H]1CC[C@@]1(C)[C@@H](OC(C)=O)CC[C@](O)(COC(C)=O)[C@H]21. The fraction of sp³-hybridized carbons (Fsp3) is 0.737. The van der Waals surface area contributed by atoms with Crippen molar-refractivity contribution in [2.45, 2.75) is 64.3 Å². The van der Waals surface area contributed by atoms with Crippen molar-refractivity contribution in [3.63, 3.8) is 0 Å². The molecule has 26 heavy (non-hydrogen) atoms. The molecule has 3 rings (SSSR count). The Labute approximate surface area is 152 Å². The number of ether oxygens (including phenoxy) is 3. The first-order valence-electron chi connectivity index (χ1n) is 9.01. The molecule has 1 aliphatic heterocycles. The number of aliphatic hydroxyl groups is 1. The van der Waals surface area contributed by atoms with E-state index in [2.05, 4.69) is 6.58 Å². The van der Waals surface area contributed by atoms with Gasteiger partial charge in [0.1, 0.15) is 24.4 Å². The monoisotopic (exact) mass is 366 g/mol. The number of carbonyl (C=O) groups excluding carboxylic acids is 3. The zero-order chi connectivity index (χ0) is 19.3. The molecule has 7 heteroatoms. The normalized spacial score (nSPS) is 41.7. The van der Waals surface area contributed by atoms with Gasteiger partial charge in [-0.3, -0.25) is 9.59 Å². The highest BCUT2D eigenvalue weighted by Gasteiger charge is 2.65. The zero-order valence-electron chi connectivity index (χ0n) is 15.4. The number of carbonyl (C=O) groups is 3. The third-order valence-corrected chi connectivity index (χ3v) is 6.37. The van der Waals surface area contributed by atoms with Gasteiger partial charge in [-0.15, -0.1) is 0 Å². The Morgan fingerprint density at radius 2 is 1.96 bits per heavy atom. The number of esters is 3. The number of fused-ring (bicyclic) bond motifs is 3. The van der Waals surface area contributed by atoms with E-state index in [1.54, 1.807) is 0 Å². The van der Waals surface area contributed by atoms with E-state index in [4.69, 9.17) is 14.2 Å². The van der Waals surface area contributed by atoms with Crippen LogP contribution in [0.1, 0.15) is 46.5 Å². The van der Waals surface area contributed by atoms with Crippen LogP contribution in [0.4, 0.5) is 0 Å². The molecular formula is C19H26O7. The molecule has 2 aliphatic carbocycles. The van der Waals surface area contributed by atoms with Gasteiger partial charge in [0.15, 0.2) is 0 Å². The summed E-state index contributed by atoms with van der Waals surface area (Å²) in [5, 5.41) is 11.4. The highest BCUT2D eigenvalue weighted by atomic mass is 16.6. The predicted octanol–water partition coefficient (Wildman–Crippen LogP) is 1.52. The van der Waals surface area contributed by atoms with Crippen molar-refractivity contribution in [1.29, 1.82) is 0 Å². The molecule has 7 nitrogen and oxygen atoms in total. The molecule has 0 radical (unpaired) electrons. The summed E-state index contributed by atoms with van der Waals surface area (Å²) >= 11 is 0. The molecule has 0 aromatic rings. The van der Waals surface area contributed by atoms with E-state index < -0.39 is 41.1 Å². The van der Waals surface area contributed by atoms with Crippen LogP contribution in [0.15, 0.2) is 12.2 Å². The number of hydrogen-bond donors (Lipinski definition) is 1. The lowest BCUT2D eigenvalue weighted by Crippen LogP contribution is -2.65. The third kappa shape index (κ3) is 2.92. The molecule has 0 bridgehead atoms. The molecular weight excluding hydrogens is 340 g/mol. The minimum atomic E-state index is -1.36. The second-order valence-corrected chi connectivity index (χ2v) is 8.04. The van der Waals surface area contributed by atoms with Gasteiger partial charge in [0, 0.05) is 36.7 Å². The number of hydrogen-bond acceptors (Lipinski definition) is 7. The van der Waals surface area contributed by atoms with E-state index in [0.29, 0.717) is 24.8 Å². The first-order valence-corrected chi connectivity index (χ1v) is 9.01. The van der Waals surface area contributed by atoms with Gasteiger partial charge in [-0.25, -0.2) is 4.79 Å². The average Bonchev–Trinajstić information content (AvgIpc) is 2.82. The van der Waals surface area contributed by atoms with E-state index in [-0.39, 0.29) is 24.9 Å². The summed E-state index contributed by atoms with van der Waals surface area (Å²) in [5.41, 5.74) is -1.53. The predicted molar refractivity (Wildman–Crippen MR) is 89.7 cm³/mol. The van der Waals surface area contributed by atoms with Gasteiger partial charge in [-0.1, -0.05) is 13.5 Å². The van der Waals surface area contributed by atoms with Crippen LogP contribution in [0.2, 0.25) is 0 Å². The molecule has 144 valence electrons. The van der Waals surface area contributed by atoms with Crippen LogP contribution in [0.3, 0.4) is 0 Å². The maximum atomic E-state index is 12.1.